The molecular formula is C21H26O6. The summed E-state index contributed by atoms with van der Waals surface area (Å²) in [5.41, 5.74) is 1.45. The molecule has 0 aliphatic carbocycles. The average molecular weight is 374 g/mol. The van der Waals surface area contributed by atoms with E-state index in [-0.39, 0.29) is 30.6 Å². The van der Waals surface area contributed by atoms with Crippen LogP contribution in [-0.2, 0) is 5.41 Å². The minimum absolute atomic E-state index is 0.0148. The van der Waals surface area contributed by atoms with E-state index in [1.165, 1.54) is 24.3 Å². The molecule has 0 fully saturated rings. The first-order chi connectivity index (χ1) is 12.7. The Labute approximate surface area is 158 Å². The largest absolute Gasteiger partial charge is 0.491 e. The Morgan fingerprint density at radius 1 is 1.04 bits per heavy atom. The first-order valence-electron chi connectivity index (χ1n) is 8.76. The highest BCUT2D eigenvalue weighted by molar-refractivity contribution is 5.87. The standard InChI is InChI=1S/C21H26O6/c1-21(2,13-22)16-7-3-14(4-8-16)19(24)11-17(23)12-27-18-9-5-15(6-10-18)20(25)26/h3-10,17,19,22-24H,11-13H2,1-2H3,(H,25,26). The van der Waals surface area contributed by atoms with Crippen LogP contribution in [0.5, 0.6) is 5.75 Å². The summed E-state index contributed by atoms with van der Waals surface area (Å²) in [6.45, 7) is 3.88. The van der Waals surface area contributed by atoms with E-state index < -0.39 is 18.2 Å². The Balaban J connectivity index is 1.87. The number of carboxylic acids is 1. The first kappa shape index (κ1) is 20.9. The molecule has 0 heterocycles. The molecule has 0 saturated heterocycles. The molecule has 0 radical (unpaired) electrons. The minimum Gasteiger partial charge on any atom is -0.491 e. The zero-order valence-corrected chi connectivity index (χ0v) is 15.5. The fourth-order valence-electron chi connectivity index (χ4n) is 2.60. The quantitative estimate of drug-likeness (QED) is 0.537. The number of aromatic carboxylic acids is 1. The Hall–Kier alpha value is -2.41. The zero-order valence-electron chi connectivity index (χ0n) is 15.5. The van der Waals surface area contributed by atoms with E-state index in [9.17, 15) is 20.1 Å². The van der Waals surface area contributed by atoms with Crippen molar-refractivity contribution in [2.24, 2.45) is 0 Å². The summed E-state index contributed by atoms with van der Waals surface area (Å²) in [4.78, 5) is 10.8. The van der Waals surface area contributed by atoms with Crippen molar-refractivity contribution in [1.82, 2.24) is 0 Å². The van der Waals surface area contributed by atoms with E-state index in [0.717, 1.165) is 5.56 Å². The molecule has 27 heavy (non-hydrogen) atoms. The number of aliphatic hydroxyl groups is 3. The van der Waals surface area contributed by atoms with Gasteiger partial charge in [-0.3, -0.25) is 0 Å². The first-order valence-corrected chi connectivity index (χ1v) is 8.76. The molecule has 2 aromatic carbocycles. The summed E-state index contributed by atoms with van der Waals surface area (Å²) in [5.74, 6) is -0.567. The van der Waals surface area contributed by atoms with Gasteiger partial charge in [-0.15, -0.1) is 0 Å². The van der Waals surface area contributed by atoms with Crippen LogP contribution in [0.15, 0.2) is 48.5 Å². The van der Waals surface area contributed by atoms with Gasteiger partial charge in [-0.05, 0) is 35.4 Å². The normalized spacial score (nSPS) is 13.8. The SMILES string of the molecule is CC(C)(CO)c1ccc(C(O)CC(O)COc2ccc(C(=O)O)cc2)cc1. The maximum Gasteiger partial charge on any atom is 0.335 e. The molecule has 0 aliphatic heterocycles. The van der Waals surface area contributed by atoms with Gasteiger partial charge in [-0.25, -0.2) is 4.79 Å². The van der Waals surface area contributed by atoms with Gasteiger partial charge in [0.1, 0.15) is 12.4 Å². The number of hydrogen-bond acceptors (Lipinski definition) is 5. The third-order valence-corrected chi connectivity index (χ3v) is 4.51. The minimum atomic E-state index is -1.02. The molecule has 0 spiro atoms. The second kappa shape index (κ2) is 8.99. The topological polar surface area (TPSA) is 107 Å². The van der Waals surface area contributed by atoms with Gasteiger partial charge < -0.3 is 25.2 Å². The van der Waals surface area contributed by atoms with Crippen LogP contribution in [-0.4, -0.2) is 45.7 Å². The monoisotopic (exact) mass is 374 g/mol. The highest BCUT2D eigenvalue weighted by atomic mass is 16.5. The van der Waals surface area contributed by atoms with Crippen molar-refractivity contribution in [3.05, 3.63) is 65.2 Å². The molecule has 2 unspecified atom stereocenters. The van der Waals surface area contributed by atoms with Gasteiger partial charge in [0.25, 0.3) is 0 Å². The van der Waals surface area contributed by atoms with Gasteiger partial charge in [0, 0.05) is 11.8 Å². The molecule has 0 aliphatic rings. The van der Waals surface area contributed by atoms with Crippen molar-refractivity contribution in [3.63, 3.8) is 0 Å². The highest BCUT2D eigenvalue weighted by Crippen LogP contribution is 2.26. The van der Waals surface area contributed by atoms with E-state index >= 15 is 0 Å². The predicted octanol–water partition coefficient (Wildman–Crippen LogP) is 2.52. The van der Waals surface area contributed by atoms with E-state index in [0.29, 0.717) is 11.3 Å². The van der Waals surface area contributed by atoms with Crippen LogP contribution in [0.3, 0.4) is 0 Å². The van der Waals surface area contributed by atoms with E-state index in [1.54, 1.807) is 12.1 Å². The number of carboxylic acid groups (broad SMARTS) is 1. The van der Waals surface area contributed by atoms with Crippen molar-refractivity contribution in [1.29, 1.82) is 0 Å². The van der Waals surface area contributed by atoms with Gasteiger partial charge in [-0.2, -0.15) is 0 Å². The molecule has 0 saturated carbocycles. The van der Waals surface area contributed by atoms with Crippen molar-refractivity contribution in [2.75, 3.05) is 13.2 Å². The zero-order chi connectivity index (χ0) is 20.0. The third-order valence-electron chi connectivity index (χ3n) is 4.51. The summed E-state index contributed by atoms with van der Waals surface area (Å²) < 4.78 is 5.44. The molecule has 0 amide bonds. The second-order valence-electron chi connectivity index (χ2n) is 7.21. The molecule has 6 nitrogen and oxygen atoms in total. The summed E-state index contributed by atoms with van der Waals surface area (Å²) >= 11 is 0. The van der Waals surface area contributed by atoms with Gasteiger partial charge in [0.2, 0.25) is 0 Å². The number of rotatable bonds is 9. The van der Waals surface area contributed by atoms with Gasteiger partial charge in [0.05, 0.1) is 24.4 Å². The lowest BCUT2D eigenvalue weighted by Crippen LogP contribution is -2.22. The van der Waals surface area contributed by atoms with E-state index in [1.807, 2.05) is 26.0 Å². The summed E-state index contributed by atoms with van der Waals surface area (Å²) in [6, 6.07) is 13.2. The van der Waals surface area contributed by atoms with Crippen LogP contribution < -0.4 is 4.74 Å². The van der Waals surface area contributed by atoms with Crippen LogP contribution in [0.25, 0.3) is 0 Å². The molecule has 2 aromatic rings. The van der Waals surface area contributed by atoms with Crippen LogP contribution in [0.4, 0.5) is 0 Å². The number of hydrogen-bond donors (Lipinski definition) is 4. The fourth-order valence-corrected chi connectivity index (χ4v) is 2.60. The highest BCUT2D eigenvalue weighted by Gasteiger charge is 2.20. The van der Waals surface area contributed by atoms with Gasteiger partial charge in [-0.1, -0.05) is 38.1 Å². The van der Waals surface area contributed by atoms with Crippen molar-refractivity contribution in [2.45, 2.75) is 37.9 Å². The average Bonchev–Trinajstić information content (AvgIpc) is 2.66. The molecule has 0 aromatic heterocycles. The maximum atomic E-state index is 10.8. The molecular weight excluding hydrogens is 348 g/mol. The smallest absolute Gasteiger partial charge is 0.335 e. The Bertz CT molecular complexity index is 736. The van der Waals surface area contributed by atoms with Crippen molar-refractivity contribution >= 4 is 5.97 Å². The summed E-state index contributed by atoms with van der Waals surface area (Å²) in [5, 5.41) is 38.7. The molecule has 6 heteroatoms. The number of carbonyl (C=O) groups is 1. The van der Waals surface area contributed by atoms with E-state index in [2.05, 4.69) is 0 Å². The maximum absolute atomic E-state index is 10.8. The third kappa shape index (κ3) is 5.79. The van der Waals surface area contributed by atoms with Crippen LogP contribution >= 0.6 is 0 Å². The molecule has 2 rings (SSSR count). The van der Waals surface area contributed by atoms with Crippen LogP contribution in [0.1, 0.15) is 47.9 Å². The lowest BCUT2D eigenvalue weighted by molar-refractivity contribution is 0.0485. The van der Waals surface area contributed by atoms with Crippen molar-refractivity contribution < 1.29 is 30.0 Å². The molecule has 0 bridgehead atoms. The molecule has 4 N–H and O–H groups in total. The number of aliphatic hydroxyl groups excluding tert-OH is 3. The Morgan fingerprint density at radius 2 is 1.63 bits per heavy atom. The lowest BCUT2D eigenvalue weighted by Gasteiger charge is -2.23. The Kier molecular flexibility index (Phi) is 6.96. The van der Waals surface area contributed by atoms with Crippen molar-refractivity contribution in [3.8, 4) is 5.75 Å². The second-order valence-corrected chi connectivity index (χ2v) is 7.21. The summed E-state index contributed by atoms with van der Waals surface area (Å²) in [6.07, 6.45) is -1.62. The Morgan fingerprint density at radius 3 is 2.15 bits per heavy atom. The molecule has 146 valence electrons. The summed E-state index contributed by atoms with van der Waals surface area (Å²) in [7, 11) is 0. The van der Waals surface area contributed by atoms with Crippen LogP contribution in [0.2, 0.25) is 0 Å². The van der Waals surface area contributed by atoms with Crippen LogP contribution in [0, 0.1) is 0 Å². The number of ether oxygens (including phenoxy) is 1. The lowest BCUT2D eigenvalue weighted by atomic mass is 9.85. The van der Waals surface area contributed by atoms with E-state index in [4.69, 9.17) is 9.84 Å². The number of benzene rings is 2. The predicted molar refractivity (Wildman–Crippen MR) is 101 cm³/mol. The van der Waals surface area contributed by atoms with Gasteiger partial charge >= 0.3 is 5.97 Å². The van der Waals surface area contributed by atoms with Gasteiger partial charge in [0.15, 0.2) is 0 Å². The fraction of sp³-hybridized carbons (Fsp3) is 0.381. The molecule has 2 atom stereocenters.